The molecule has 3 amide bonds. The van der Waals surface area contributed by atoms with E-state index in [2.05, 4.69) is 57.1 Å². The van der Waals surface area contributed by atoms with Gasteiger partial charge in [0.2, 0.25) is 17.7 Å². The first-order chi connectivity index (χ1) is 17.2. The number of likely N-dealkylation sites (tertiary alicyclic amines) is 2. The third-order valence-corrected chi connectivity index (χ3v) is 7.10. The Morgan fingerprint density at radius 3 is 2.42 bits per heavy atom. The summed E-state index contributed by atoms with van der Waals surface area (Å²) in [7, 11) is 3.65. The van der Waals surface area contributed by atoms with Crippen molar-refractivity contribution in [1.29, 1.82) is 0 Å². The van der Waals surface area contributed by atoms with Gasteiger partial charge in [-0.25, -0.2) is 0 Å². The molecule has 2 aliphatic rings. The standard InChI is InChI=1S/C27H35N5O4/c1-18(33)28-23-11-10-21(36-4)14-24(23)29-25(35)15-32-13-12-22-26(20-8-6-5-7-9-20)31(3)16-27(22,17-32)30-19(2)34/h5-11,14,22,26H,12-13,15-17H2,1-4H3,(H,28,33)(H,29,35)(H,30,34)/t22-,26-,27+/m1/s1. The molecular formula is C27H35N5O4. The number of likely N-dealkylation sites (N-methyl/N-ethyl adjacent to an activating group) is 1. The van der Waals surface area contributed by atoms with Gasteiger partial charge in [-0.1, -0.05) is 30.3 Å². The van der Waals surface area contributed by atoms with Crippen LogP contribution in [-0.2, 0) is 14.4 Å². The van der Waals surface area contributed by atoms with E-state index in [0.29, 0.717) is 30.2 Å². The summed E-state index contributed by atoms with van der Waals surface area (Å²) in [5, 5.41) is 8.93. The van der Waals surface area contributed by atoms with Crippen LogP contribution in [0.5, 0.6) is 5.75 Å². The van der Waals surface area contributed by atoms with Crippen molar-refractivity contribution in [2.75, 3.05) is 51.0 Å². The van der Waals surface area contributed by atoms with E-state index in [1.165, 1.54) is 12.5 Å². The smallest absolute Gasteiger partial charge is 0.238 e. The van der Waals surface area contributed by atoms with E-state index in [9.17, 15) is 14.4 Å². The lowest BCUT2D eigenvalue weighted by atomic mass is 9.75. The third-order valence-electron chi connectivity index (χ3n) is 7.10. The van der Waals surface area contributed by atoms with Gasteiger partial charge in [-0.15, -0.1) is 0 Å². The highest BCUT2D eigenvalue weighted by Gasteiger charge is 2.54. The number of piperidine rings is 1. The van der Waals surface area contributed by atoms with E-state index in [0.717, 1.165) is 13.0 Å². The van der Waals surface area contributed by atoms with Crippen LogP contribution in [0.1, 0.15) is 31.9 Å². The minimum atomic E-state index is -0.447. The summed E-state index contributed by atoms with van der Waals surface area (Å²) in [6.07, 6.45) is 0.855. The Hall–Kier alpha value is -3.43. The predicted octanol–water partition coefficient (Wildman–Crippen LogP) is 2.48. The molecule has 0 spiro atoms. The molecule has 9 heteroatoms. The molecule has 3 N–H and O–H groups in total. The number of fused-ring (bicyclic) bond motifs is 1. The minimum absolute atomic E-state index is 0.0651. The number of nitrogens with zero attached hydrogens (tertiary/aromatic N) is 2. The Bertz CT molecular complexity index is 1120. The molecular weight excluding hydrogens is 458 g/mol. The Labute approximate surface area is 212 Å². The fourth-order valence-electron chi connectivity index (χ4n) is 5.91. The van der Waals surface area contributed by atoms with E-state index >= 15 is 0 Å². The molecule has 2 fully saturated rings. The zero-order valence-corrected chi connectivity index (χ0v) is 21.3. The Kier molecular flexibility index (Phi) is 7.61. The number of benzene rings is 2. The maximum Gasteiger partial charge on any atom is 0.238 e. The highest BCUT2D eigenvalue weighted by atomic mass is 16.5. The molecule has 0 saturated carbocycles. The summed E-state index contributed by atoms with van der Waals surface area (Å²) >= 11 is 0. The number of carbonyl (C=O) groups excluding carboxylic acids is 3. The van der Waals surface area contributed by atoms with E-state index in [1.54, 1.807) is 32.2 Å². The largest absolute Gasteiger partial charge is 0.497 e. The monoisotopic (exact) mass is 493 g/mol. The second-order valence-electron chi connectivity index (χ2n) is 9.85. The van der Waals surface area contributed by atoms with Crippen molar-refractivity contribution < 1.29 is 19.1 Å². The number of ether oxygens (including phenoxy) is 1. The number of methoxy groups -OCH3 is 1. The van der Waals surface area contributed by atoms with Gasteiger partial charge in [0.1, 0.15) is 5.75 Å². The number of rotatable bonds is 7. The molecule has 0 aliphatic carbocycles. The molecule has 2 saturated heterocycles. The summed E-state index contributed by atoms with van der Waals surface area (Å²) in [6, 6.07) is 15.7. The summed E-state index contributed by atoms with van der Waals surface area (Å²) in [5.74, 6) is 0.318. The maximum absolute atomic E-state index is 13.1. The predicted molar refractivity (Wildman–Crippen MR) is 139 cm³/mol. The lowest BCUT2D eigenvalue weighted by Gasteiger charge is -2.45. The molecule has 2 heterocycles. The fraction of sp³-hybridized carbons (Fsp3) is 0.444. The molecule has 0 radical (unpaired) electrons. The van der Waals surface area contributed by atoms with Gasteiger partial charge in [0.25, 0.3) is 0 Å². The SMILES string of the molecule is COc1ccc(NC(C)=O)c(NC(=O)CN2CC[C@@H]3[C@@H](c4ccccc4)N(C)C[C@]3(NC(C)=O)C2)c1. The average Bonchev–Trinajstić information content (AvgIpc) is 3.10. The number of hydrogen-bond donors (Lipinski definition) is 3. The van der Waals surface area contributed by atoms with Crippen LogP contribution in [0.15, 0.2) is 48.5 Å². The molecule has 4 rings (SSSR count). The van der Waals surface area contributed by atoms with Crippen molar-refractivity contribution in [3.63, 3.8) is 0 Å². The van der Waals surface area contributed by atoms with Crippen LogP contribution >= 0.6 is 0 Å². The molecule has 0 unspecified atom stereocenters. The van der Waals surface area contributed by atoms with Crippen molar-refractivity contribution >= 4 is 29.1 Å². The summed E-state index contributed by atoms with van der Waals surface area (Å²) in [4.78, 5) is 41.4. The van der Waals surface area contributed by atoms with Crippen LogP contribution in [0.25, 0.3) is 0 Å². The lowest BCUT2D eigenvalue weighted by Crippen LogP contribution is -2.64. The van der Waals surface area contributed by atoms with E-state index in [-0.39, 0.29) is 36.2 Å². The van der Waals surface area contributed by atoms with Gasteiger partial charge in [-0.2, -0.15) is 0 Å². The first kappa shape index (κ1) is 25.7. The maximum atomic E-state index is 13.1. The highest BCUT2D eigenvalue weighted by molar-refractivity contribution is 5.99. The van der Waals surface area contributed by atoms with Gasteiger partial charge in [-0.05, 0) is 37.7 Å². The van der Waals surface area contributed by atoms with Crippen LogP contribution in [-0.4, -0.2) is 73.4 Å². The molecule has 0 bridgehead atoms. The Morgan fingerprint density at radius 2 is 1.75 bits per heavy atom. The van der Waals surface area contributed by atoms with Crippen LogP contribution < -0.4 is 20.7 Å². The zero-order valence-electron chi connectivity index (χ0n) is 21.3. The summed E-state index contributed by atoms with van der Waals surface area (Å²) in [6.45, 7) is 5.17. The van der Waals surface area contributed by atoms with E-state index in [4.69, 9.17) is 4.74 Å². The average molecular weight is 494 g/mol. The molecule has 2 aromatic carbocycles. The topological polar surface area (TPSA) is 103 Å². The van der Waals surface area contributed by atoms with E-state index < -0.39 is 5.54 Å². The van der Waals surface area contributed by atoms with Gasteiger partial charge < -0.3 is 20.7 Å². The van der Waals surface area contributed by atoms with Gasteiger partial charge in [0.15, 0.2) is 0 Å². The van der Waals surface area contributed by atoms with Crippen molar-refractivity contribution in [1.82, 2.24) is 15.1 Å². The molecule has 2 aromatic rings. The number of nitrogens with one attached hydrogen (secondary N) is 3. The first-order valence-electron chi connectivity index (χ1n) is 12.2. The van der Waals surface area contributed by atoms with Gasteiger partial charge in [0.05, 0.1) is 30.6 Å². The highest BCUT2D eigenvalue weighted by Crippen LogP contribution is 2.46. The molecule has 3 atom stereocenters. The number of amides is 3. The van der Waals surface area contributed by atoms with Gasteiger partial charge in [-0.3, -0.25) is 24.2 Å². The zero-order chi connectivity index (χ0) is 25.9. The van der Waals surface area contributed by atoms with Crippen molar-refractivity contribution in [2.24, 2.45) is 5.92 Å². The van der Waals surface area contributed by atoms with Crippen LogP contribution in [0.2, 0.25) is 0 Å². The summed E-state index contributed by atoms with van der Waals surface area (Å²) < 4.78 is 5.28. The normalized spacial score (nSPS) is 24.0. The molecule has 36 heavy (non-hydrogen) atoms. The lowest BCUT2D eigenvalue weighted by molar-refractivity contribution is -0.122. The first-order valence-corrected chi connectivity index (χ1v) is 12.2. The van der Waals surface area contributed by atoms with Crippen molar-refractivity contribution in [3.8, 4) is 5.75 Å². The number of hydrogen-bond acceptors (Lipinski definition) is 6. The van der Waals surface area contributed by atoms with E-state index in [1.807, 2.05) is 6.07 Å². The van der Waals surface area contributed by atoms with Gasteiger partial charge >= 0.3 is 0 Å². The molecule has 0 aromatic heterocycles. The number of anilines is 2. The second-order valence-corrected chi connectivity index (χ2v) is 9.85. The van der Waals surface area contributed by atoms with Crippen LogP contribution in [0, 0.1) is 5.92 Å². The summed E-state index contributed by atoms with van der Waals surface area (Å²) in [5.41, 5.74) is 1.78. The van der Waals surface area contributed by atoms with Crippen LogP contribution in [0.4, 0.5) is 11.4 Å². The molecule has 9 nitrogen and oxygen atoms in total. The van der Waals surface area contributed by atoms with Crippen LogP contribution in [0.3, 0.4) is 0 Å². The minimum Gasteiger partial charge on any atom is -0.497 e. The van der Waals surface area contributed by atoms with Crippen molar-refractivity contribution in [2.45, 2.75) is 31.8 Å². The Balaban J connectivity index is 1.50. The molecule has 192 valence electrons. The second kappa shape index (κ2) is 10.7. The van der Waals surface area contributed by atoms with Crippen molar-refractivity contribution in [3.05, 3.63) is 54.1 Å². The Morgan fingerprint density at radius 1 is 1.00 bits per heavy atom. The van der Waals surface area contributed by atoms with Gasteiger partial charge in [0, 0.05) is 45.0 Å². The fourth-order valence-corrected chi connectivity index (χ4v) is 5.91. The third kappa shape index (κ3) is 5.52. The number of carbonyl (C=O) groups is 3. The quantitative estimate of drug-likeness (QED) is 0.548. The molecule has 2 aliphatic heterocycles.